The number of nitrogens with two attached hydrogens (primary N) is 1. The molecule has 0 spiro atoms. The van der Waals surface area contributed by atoms with E-state index in [1.807, 2.05) is 0 Å². The molecule has 1 aliphatic rings. The van der Waals surface area contributed by atoms with Crippen LogP contribution in [0.25, 0.3) is 0 Å². The molecule has 1 aromatic carbocycles. The van der Waals surface area contributed by atoms with E-state index in [1.165, 1.54) is 17.0 Å². The van der Waals surface area contributed by atoms with E-state index >= 15 is 0 Å². The van der Waals surface area contributed by atoms with Crippen molar-refractivity contribution in [2.45, 2.75) is 12.5 Å². The molecule has 1 atom stereocenters. The van der Waals surface area contributed by atoms with Gasteiger partial charge in [0.1, 0.15) is 5.82 Å². The lowest BCUT2D eigenvalue weighted by Gasteiger charge is -2.23. The van der Waals surface area contributed by atoms with Crippen molar-refractivity contribution in [3.8, 4) is 11.8 Å². The van der Waals surface area contributed by atoms with E-state index < -0.39 is 5.82 Å². The van der Waals surface area contributed by atoms with Crippen LogP contribution in [0.15, 0.2) is 18.2 Å². The number of ether oxygens (including phenoxy) is 1. The van der Waals surface area contributed by atoms with Crippen LogP contribution in [0.2, 0.25) is 0 Å². The zero-order chi connectivity index (χ0) is 14.5. The molecule has 5 heteroatoms. The van der Waals surface area contributed by atoms with Gasteiger partial charge in [-0.15, -0.1) is 0 Å². The Kier molecular flexibility index (Phi) is 4.72. The SMILES string of the molecule is CN(C(=O)c1ccc(C#CCN)cc1F)C1CCOC1. The molecule has 0 radical (unpaired) electrons. The lowest BCUT2D eigenvalue weighted by molar-refractivity contribution is 0.0706. The Bertz CT molecular complexity index is 557. The largest absolute Gasteiger partial charge is 0.379 e. The molecule has 1 aromatic rings. The minimum atomic E-state index is -0.565. The first-order valence-electron chi connectivity index (χ1n) is 6.47. The zero-order valence-corrected chi connectivity index (χ0v) is 11.4. The van der Waals surface area contributed by atoms with Gasteiger partial charge in [-0.05, 0) is 24.6 Å². The highest BCUT2D eigenvalue weighted by molar-refractivity contribution is 5.94. The summed E-state index contributed by atoms with van der Waals surface area (Å²) in [7, 11) is 1.67. The molecule has 1 fully saturated rings. The van der Waals surface area contributed by atoms with Crippen molar-refractivity contribution in [3.05, 3.63) is 35.1 Å². The van der Waals surface area contributed by atoms with Crippen LogP contribution in [0.4, 0.5) is 4.39 Å². The Morgan fingerprint density at radius 2 is 2.40 bits per heavy atom. The molecule has 0 saturated carbocycles. The van der Waals surface area contributed by atoms with Crippen molar-refractivity contribution >= 4 is 5.91 Å². The van der Waals surface area contributed by atoms with Gasteiger partial charge in [0.15, 0.2) is 0 Å². The summed E-state index contributed by atoms with van der Waals surface area (Å²) in [6.45, 7) is 1.36. The molecule has 1 unspecified atom stereocenters. The Hall–Kier alpha value is -1.90. The summed E-state index contributed by atoms with van der Waals surface area (Å²) >= 11 is 0. The van der Waals surface area contributed by atoms with E-state index in [-0.39, 0.29) is 24.1 Å². The van der Waals surface area contributed by atoms with Crippen LogP contribution < -0.4 is 5.73 Å². The van der Waals surface area contributed by atoms with Crippen LogP contribution in [-0.4, -0.2) is 43.7 Å². The summed E-state index contributed by atoms with van der Waals surface area (Å²) in [6.07, 6.45) is 0.782. The number of rotatable bonds is 2. The maximum absolute atomic E-state index is 14.0. The molecule has 0 bridgehead atoms. The number of nitrogens with zero attached hydrogens (tertiary/aromatic N) is 1. The third-order valence-electron chi connectivity index (χ3n) is 3.31. The first-order chi connectivity index (χ1) is 9.63. The van der Waals surface area contributed by atoms with Crippen LogP contribution in [-0.2, 0) is 4.74 Å². The van der Waals surface area contributed by atoms with Gasteiger partial charge in [0.25, 0.3) is 5.91 Å². The standard InChI is InChI=1S/C15H17FN2O2/c1-18(12-6-8-20-10-12)15(19)13-5-4-11(3-2-7-17)9-14(13)16/h4-5,9,12H,6-8,10,17H2,1H3. The lowest BCUT2D eigenvalue weighted by Crippen LogP contribution is -2.37. The summed E-state index contributed by atoms with van der Waals surface area (Å²) in [5.74, 6) is 4.48. The topological polar surface area (TPSA) is 55.6 Å². The maximum Gasteiger partial charge on any atom is 0.256 e. The van der Waals surface area contributed by atoms with Gasteiger partial charge < -0.3 is 15.4 Å². The normalized spacial score (nSPS) is 17.4. The molecule has 1 amide bonds. The van der Waals surface area contributed by atoms with Crippen molar-refractivity contribution < 1.29 is 13.9 Å². The third-order valence-corrected chi connectivity index (χ3v) is 3.31. The first kappa shape index (κ1) is 14.5. The fourth-order valence-electron chi connectivity index (χ4n) is 2.10. The van der Waals surface area contributed by atoms with Gasteiger partial charge in [0.05, 0.1) is 24.8 Å². The monoisotopic (exact) mass is 276 g/mol. The molecule has 20 heavy (non-hydrogen) atoms. The van der Waals surface area contributed by atoms with Crippen LogP contribution in [0.3, 0.4) is 0 Å². The van der Waals surface area contributed by atoms with Gasteiger partial charge in [-0.1, -0.05) is 11.8 Å². The van der Waals surface area contributed by atoms with Crippen LogP contribution in [0.1, 0.15) is 22.3 Å². The number of hydrogen-bond donors (Lipinski definition) is 1. The predicted octanol–water partition coefficient (Wildman–Crippen LogP) is 0.997. The van der Waals surface area contributed by atoms with Crippen molar-refractivity contribution in [1.82, 2.24) is 4.90 Å². The van der Waals surface area contributed by atoms with Crippen molar-refractivity contribution in [3.63, 3.8) is 0 Å². The van der Waals surface area contributed by atoms with E-state index in [4.69, 9.17) is 10.5 Å². The van der Waals surface area contributed by atoms with E-state index in [2.05, 4.69) is 11.8 Å². The molecule has 1 aliphatic heterocycles. The second-order valence-corrected chi connectivity index (χ2v) is 4.63. The van der Waals surface area contributed by atoms with Crippen molar-refractivity contribution in [2.75, 3.05) is 26.8 Å². The molecule has 4 nitrogen and oxygen atoms in total. The molecular formula is C15H17FN2O2. The molecular weight excluding hydrogens is 259 g/mol. The Balaban J connectivity index is 2.17. The zero-order valence-electron chi connectivity index (χ0n) is 11.4. The quantitative estimate of drug-likeness (QED) is 0.820. The number of amides is 1. The number of halogens is 1. The fourth-order valence-corrected chi connectivity index (χ4v) is 2.10. The molecule has 0 aliphatic carbocycles. The lowest BCUT2D eigenvalue weighted by atomic mass is 10.1. The summed E-state index contributed by atoms with van der Waals surface area (Å²) in [5, 5.41) is 0. The molecule has 2 rings (SSSR count). The fraction of sp³-hybridized carbons (Fsp3) is 0.400. The van der Waals surface area contributed by atoms with Crippen molar-refractivity contribution in [1.29, 1.82) is 0 Å². The highest BCUT2D eigenvalue weighted by atomic mass is 19.1. The third kappa shape index (κ3) is 3.16. The second kappa shape index (κ2) is 6.51. The number of likely N-dealkylation sites (N-methyl/N-ethyl adjacent to an activating group) is 1. The summed E-state index contributed by atoms with van der Waals surface area (Å²) in [6, 6.07) is 4.36. The minimum Gasteiger partial charge on any atom is -0.379 e. The van der Waals surface area contributed by atoms with Crippen LogP contribution in [0.5, 0.6) is 0 Å². The van der Waals surface area contributed by atoms with Gasteiger partial charge in [0.2, 0.25) is 0 Å². The van der Waals surface area contributed by atoms with Crippen LogP contribution in [0, 0.1) is 17.7 Å². The van der Waals surface area contributed by atoms with Gasteiger partial charge >= 0.3 is 0 Å². The van der Waals surface area contributed by atoms with Gasteiger partial charge in [-0.25, -0.2) is 4.39 Å². The summed E-state index contributed by atoms with van der Waals surface area (Å²) in [5.41, 5.74) is 5.83. The van der Waals surface area contributed by atoms with Gasteiger partial charge in [0, 0.05) is 19.2 Å². The smallest absolute Gasteiger partial charge is 0.256 e. The number of benzene rings is 1. The van der Waals surface area contributed by atoms with E-state index in [0.29, 0.717) is 18.8 Å². The minimum absolute atomic E-state index is 0.0126. The number of hydrogen-bond acceptors (Lipinski definition) is 3. The molecule has 1 heterocycles. The molecule has 2 N–H and O–H groups in total. The Morgan fingerprint density at radius 1 is 1.60 bits per heavy atom. The predicted molar refractivity (Wildman–Crippen MR) is 73.6 cm³/mol. The van der Waals surface area contributed by atoms with E-state index in [9.17, 15) is 9.18 Å². The average molecular weight is 276 g/mol. The highest BCUT2D eigenvalue weighted by Gasteiger charge is 2.26. The first-order valence-corrected chi connectivity index (χ1v) is 6.47. The molecule has 106 valence electrons. The van der Waals surface area contributed by atoms with E-state index in [1.54, 1.807) is 13.1 Å². The number of carbonyl (C=O) groups is 1. The van der Waals surface area contributed by atoms with E-state index in [0.717, 1.165) is 6.42 Å². The van der Waals surface area contributed by atoms with Gasteiger partial charge in [-0.2, -0.15) is 0 Å². The molecule has 1 saturated heterocycles. The Morgan fingerprint density at radius 3 is 3.00 bits per heavy atom. The second-order valence-electron chi connectivity index (χ2n) is 4.63. The highest BCUT2D eigenvalue weighted by Crippen LogP contribution is 2.17. The number of carbonyl (C=O) groups excluding carboxylic acids is 1. The van der Waals surface area contributed by atoms with Crippen molar-refractivity contribution in [2.24, 2.45) is 5.73 Å². The Labute approximate surface area is 117 Å². The average Bonchev–Trinajstić information content (AvgIpc) is 2.98. The van der Waals surface area contributed by atoms with Gasteiger partial charge in [-0.3, -0.25) is 4.79 Å². The molecule has 0 aromatic heterocycles. The summed E-state index contributed by atoms with van der Waals surface area (Å²) in [4.78, 5) is 13.8. The maximum atomic E-state index is 14.0. The van der Waals surface area contributed by atoms with Crippen LogP contribution >= 0.6 is 0 Å². The summed E-state index contributed by atoms with van der Waals surface area (Å²) < 4.78 is 19.2.